The van der Waals surface area contributed by atoms with Gasteiger partial charge in [0.25, 0.3) is 0 Å². The van der Waals surface area contributed by atoms with Crippen LogP contribution in [0.25, 0.3) is 0 Å². The maximum atomic E-state index is 13.2. The third-order valence-corrected chi connectivity index (χ3v) is 4.91. The van der Waals surface area contributed by atoms with Gasteiger partial charge < -0.3 is 5.73 Å². The number of benzene rings is 1. The Morgan fingerprint density at radius 3 is 2.44 bits per heavy atom. The second-order valence-electron chi connectivity index (χ2n) is 4.25. The van der Waals surface area contributed by atoms with E-state index in [0.717, 1.165) is 18.9 Å². The third-order valence-electron chi connectivity index (χ3n) is 2.90. The van der Waals surface area contributed by atoms with E-state index in [0.29, 0.717) is 12.6 Å². The van der Waals surface area contributed by atoms with Crippen molar-refractivity contribution in [3.05, 3.63) is 23.8 Å². The van der Waals surface area contributed by atoms with E-state index in [1.54, 1.807) is 6.92 Å². The van der Waals surface area contributed by atoms with Crippen LogP contribution in [-0.2, 0) is 10.0 Å². The summed E-state index contributed by atoms with van der Waals surface area (Å²) < 4.78 is 52.0. The molecule has 2 rings (SSSR count). The maximum Gasteiger partial charge on any atom is 0.243 e. The van der Waals surface area contributed by atoms with Crippen molar-refractivity contribution in [2.75, 3.05) is 12.3 Å². The van der Waals surface area contributed by atoms with Crippen molar-refractivity contribution in [2.45, 2.75) is 30.7 Å². The van der Waals surface area contributed by atoms with Crippen LogP contribution in [0.5, 0.6) is 0 Å². The number of nitrogen functional groups attached to an aromatic ring is 1. The van der Waals surface area contributed by atoms with Crippen molar-refractivity contribution in [3.8, 4) is 0 Å². The van der Waals surface area contributed by atoms with E-state index in [4.69, 9.17) is 5.73 Å². The van der Waals surface area contributed by atoms with E-state index in [2.05, 4.69) is 0 Å². The fourth-order valence-electron chi connectivity index (χ4n) is 1.86. The zero-order valence-corrected chi connectivity index (χ0v) is 10.7. The van der Waals surface area contributed by atoms with Crippen LogP contribution in [0.1, 0.15) is 19.8 Å². The van der Waals surface area contributed by atoms with Gasteiger partial charge in [0.1, 0.15) is 0 Å². The minimum Gasteiger partial charge on any atom is -0.396 e. The fourth-order valence-corrected chi connectivity index (χ4v) is 3.60. The van der Waals surface area contributed by atoms with Gasteiger partial charge in [-0.2, -0.15) is 4.31 Å². The molecule has 0 amide bonds. The molecule has 2 N–H and O–H groups in total. The Kier molecular flexibility index (Phi) is 3.29. The highest BCUT2D eigenvalue weighted by molar-refractivity contribution is 7.89. The van der Waals surface area contributed by atoms with Crippen LogP contribution in [0.3, 0.4) is 0 Å². The molecule has 0 atom stereocenters. The van der Waals surface area contributed by atoms with Crippen LogP contribution >= 0.6 is 0 Å². The fraction of sp³-hybridized carbons (Fsp3) is 0.455. The molecular formula is C11H14F2N2O2S. The Hall–Kier alpha value is -1.21. The summed E-state index contributed by atoms with van der Waals surface area (Å²) in [7, 11) is -3.80. The summed E-state index contributed by atoms with van der Waals surface area (Å²) in [5.74, 6) is -2.47. The molecule has 1 fully saturated rings. The van der Waals surface area contributed by atoms with Crippen LogP contribution in [-0.4, -0.2) is 25.3 Å². The minimum absolute atomic E-state index is 0.0330. The van der Waals surface area contributed by atoms with Crippen LogP contribution in [0.15, 0.2) is 17.0 Å². The third kappa shape index (κ3) is 2.20. The summed E-state index contributed by atoms with van der Waals surface area (Å²) in [5.41, 5.74) is 4.75. The van der Waals surface area contributed by atoms with Crippen molar-refractivity contribution in [1.82, 2.24) is 4.31 Å². The van der Waals surface area contributed by atoms with Gasteiger partial charge in [-0.05, 0) is 25.0 Å². The minimum atomic E-state index is -3.80. The van der Waals surface area contributed by atoms with Gasteiger partial charge in [-0.25, -0.2) is 17.2 Å². The number of halogens is 2. The first-order valence-electron chi connectivity index (χ1n) is 5.64. The summed E-state index contributed by atoms with van der Waals surface area (Å²) in [4.78, 5) is -0.298. The average molecular weight is 276 g/mol. The Labute approximate surface area is 104 Å². The molecule has 0 bridgehead atoms. The summed E-state index contributed by atoms with van der Waals surface area (Å²) >= 11 is 0. The van der Waals surface area contributed by atoms with E-state index >= 15 is 0 Å². The zero-order valence-electron chi connectivity index (χ0n) is 9.86. The summed E-state index contributed by atoms with van der Waals surface area (Å²) in [6.07, 6.45) is 1.60. The molecule has 0 saturated heterocycles. The van der Waals surface area contributed by atoms with Crippen molar-refractivity contribution in [2.24, 2.45) is 0 Å². The highest BCUT2D eigenvalue weighted by Crippen LogP contribution is 2.32. The van der Waals surface area contributed by atoms with Gasteiger partial charge in [-0.3, -0.25) is 0 Å². The van der Waals surface area contributed by atoms with Crippen molar-refractivity contribution in [1.29, 1.82) is 0 Å². The first kappa shape index (κ1) is 13.2. The molecule has 1 aromatic carbocycles. The lowest BCUT2D eigenvalue weighted by atomic mass is 10.3. The molecule has 7 heteroatoms. The summed E-state index contributed by atoms with van der Waals surface area (Å²) in [6, 6.07) is 1.60. The van der Waals surface area contributed by atoms with E-state index in [9.17, 15) is 17.2 Å². The molecule has 1 saturated carbocycles. The number of rotatable bonds is 4. The van der Waals surface area contributed by atoms with Gasteiger partial charge in [0.05, 0.1) is 10.6 Å². The topological polar surface area (TPSA) is 63.4 Å². The normalized spacial score (nSPS) is 16.2. The van der Waals surface area contributed by atoms with Crippen LogP contribution in [0.4, 0.5) is 14.5 Å². The van der Waals surface area contributed by atoms with Gasteiger partial charge in [0.15, 0.2) is 11.6 Å². The first-order valence-corrected chi connectivity index (χ1v) is 7.08. The Morgan fingerprint density at radius 1 is 1.39 bits per heavy atom. The SMILES string of the molecule is CCN(C1CC1)S(=O)(=O)c1cc(N)c(F)c(F)c1. The number of hydrogen-bond donors (Lipinski definition) is 1. The van der Waals surface area contributed by atoms with E-state index < -0.39 is 27.3 Å². The summed E-state index contributed by atoms with van der Waals surface area (Å²) in [5, 5.41) is 0. The predicted octanol–water partition coefficient (Wildman–Crippen LogP) is 1.72. The molecule has 18 heavy (non-hydrogen) atoms. The number of anilines is 1. The average Bonchev–Trinajstić information content (AvgIpc) is 3.10. The Bertz CT molecular complexity index is 547. The molecule has 1 aliphatic rings. The quantitative estimate of drug-likeness (QED) is 0.852. The van der Waals surface area contributed by atoms with Gasteiger partial charge in [-0.1, -0.05) is 6.92 Å². The highest BCUT2D eigenvalue weighted by atomic mass is 32.2. The highest BCUT2D eigenvalue weighted by Gasteiger charge is 2.37. The predicted molar refractivity (Wildman–Crippen MR) is 63.4 cm³/mol. The number of nitrogens with two attached hydrogens (primary N) is 1. The molecule has 1 aromatic rings. The van der Waals surface area contributed by atoms with Gasteiger partial charge in [0.2, 0.25) is 10.0 Å². The zero-order chi connectivity index (χ0) is 13.5. The second-order valence-corrected chi connectivity index (χ2v) is 6.14. The smallest absolute Gasteiger partial charge is 0.243 e. The lowest BCUT2D eigenvalue weighted by molar-refractivity contribution is 0.420. The van der Waals surface area contributed by atoms with Crippen LogP contribution in [0, 0.1) is 11.6 Å². The Balaban J connectivity index is 2.46. The van der Waals surface area contributed by atoms with Crippen molar-refractivity contribution >= 4 is 15.7 Å². The standard InChI is InChI=1S/C11H14F2N2O2S/c1-2-15(7-3-4-7)18(16,17)8-5-9(12)11(13)10(14)6-8/h5-7H,2-4,14H2,1H3. The lowest BCUT2D eigenvalue weighted by Crippen LogP contribution is -2.33. The molecule has 0 aliphatic heterocycles. The largest absolute Gasteiger partial charge is 0.396 e. The molecule has 0 heterocycles. The van der Waals surface area contributed by atoms with Gasteiger partial charge in [-0.15, -0.1) is 0 Å². The summed E-state index contributed by atoms with van der Waals surface area (Å²) in [6.45, 7) is 2.00. The first-order chi connectivity index (χ1) is 8.37. The van der Waals surface area contributed by atoms with Crippen LogP contribution < -0.4 is 5.73 Å². The van der Waals surface area contributed by atoms with E-state index in [-0.39, 0.29) is 10.9 Å². The molecule has 0 unspecified atom stereocenters. The molecule has 100 valence electrons. The lowest BCUT2D eigenvalue weighted by Gasteiger charge is -2.20. The molecule has 0 aromatic heterocycles. The van der Waals surface area contributed by atoms with Crippen molar-refractivity contribution in [3.63, 3.8) is 0 Å². The Morgan fingerprint density at radius 2 is 2.00 bits per heavy atom. The molecule has 4 nitrogen and oxygen atoms in total. The number of sulfonamides is 1. The molecule has 0 spiro atoms. The van der Waals surface area contributed by atoms with Gasteiger partial charge in [0, 0.05) is 12.6 Å². The molecular weight excluding hydrogens is 262 g/mol. The second kappa shape index (κ2) is 4.47. The van der Waals surface area contributed by atoms with E-state index in [1.165, 1.54) is 4.31 Å². The van der Waals surface area contributed by atoms with E-state index in [1.807, 2.05) is 0 Å². The van der Waals surface area contributed by atoms with Crippen LogP contribution in [0.2, 0.25) is 0 Å². The number of hydrogen-bond acceptors (Lipinski definition) is 3. The maximum absolute atomic E-state index is 13.2. The van der Waals surface area contributed by atoms with Crippen molar-refractivity contribution < 1.29 is 17.2 Å². The molecule has 0 radical (unpaired) electrons. The number of nitrogens with zero attached hydrogens (tertiary/aromatic N) is 1. The monoisotopic (exact) mass is 276 g/mol. The van der Waals surface area contributed by atoms with Gasteiger partial charge >= 0.3 is 0 Å². The molecule has 1 aliphatic carbocycles.